The normalized spacial score (nSPS) is 13.8. The molecule has 1 aromatic carbocycles. The van der Waals surface area contributed by atoms with Crippen LogP contribution in [0.5, 0.6) is 5.75 Å². The molecule has 0 bridgehead atoms. The minimum atomic E-state index is -0.497. The molecular weight excluding hydrogens is 235 g/mol. The summed E-state index contributed by atoms with van der Waals surface area (Å²) in [6, 6.07) is 4.07. The standard InChI is InChI=1S/C13H19FN2O2/c1-4-18-12-6-5-10(7-11(12)14)16-13(17)8(2)9(3)15/h5-9H,4,15H2,1-3H3,(H,16,17). The SMILES string of the molecule is CCOc1ccc(NC(=O)C(C)C(C)N)cc1F. The largest absolute Gasteiger partial charge is 0.491 e. The van der Waals surface area contributed by atoms with E-state index in [1.165, 1.54) is 12.1 Å². The molecule has 0 aromatic heterocycles. The first-order chi connectivity index (χ1) is 8.45. The summed E-state index contributed by atoms with van der Waals surface area (Å²) in [5, 5.41) is 2.62. The van der Waals surface area contributed by atoms with E-state index < -0.39 is 5.82 Å². The van der Waals surface area contributed by atoms with Crippen molar-refractivity contribution in [3.63, 3.8) is 0 Å². The van der Waals surface area contributed by atoms with Gasteiger partial charge >= 0.3 is 0 Å². The maximum Gasteiger partial charge on any atom is 0.228 e. The Morgan fingerprint density at radius 3 is 2.67 bits per heavy atom. The number of rotatable bonds is 5. The topological polar surface area (TPSA) is 64.3 Å². The van der Waals surface area contributed by atoms with E-state index in [4.69, 9.17) is 10.5 Å². The van der Waals surface area contributed by atoms with Crippen molar-refractivity contribution < 1.29 is 13.9 Å². The van der Waals surface area contributed by atoms with Crippen molar-refractivity contribution in [1.29, 1.82) is 0 Å². The lowest BCUT2D eigenvalue weighted by atomic mass is 10.0. The number of nitrogens with one attached hydrogen (secondary N) is 1. The van der Waals surface area contributed by atoms with Crippen molar-refractivity contribution in [2.45, 2.75) is 26.8 Å². The van der Waals surface area contributed by atoms with Gasteiger partial charge in [-0.1, -0.05) is 6.92 Å². The summed E-state index contributed by atoms with van der Waals surface area (Å²) >= 11 is 0. The van der Waals surface area contributed by atoms with E-state index in [1.54, 1.807) is 26.8 Å². The predicted octanol–water partition coefficient (Wildman–Crippen LogP) is 2.15. The van der Waals surface area contributed by atoms with E-state index in [1.807, 2.05) is 0 Å². The molecule has 0 radical (unpaired) electrons. The molecule has 3 N–H and O–H groups in total. The molecule has 2 atom stereocenters. The van der Waals surface area contributed by atoms with Gasteiger partial charge in [0.05, 0.1) is 12.5 Å². The van der Waals surface area contributed by atoms with Crippen LogP contribution in [0, 0.1) is 11.7 Å². The first-order valence-electron chi connectivity index (χ1n) is 5.94. The van der Waals surface area contributed by atoms with Crippen molar-refractivity contribution in [2.24, 2.45) is 11.7 Å². The Morgan fingerprint density at radius 1 is 1.50 bits per heavy atom. The third-order valence-electron chi connectivity index (χ3n) is 2.70. The lowest BCUT2D eigenvalue weighted by Gasteiger charge is -2.15. The highest BCUT2D eigenvalue weighted by Crippen LogP contribution is 2.21. The number of nitrogens with two attached hydrogens (primary N) is 1. The second kappa shape index (κ2) is 6.35. The van der Waals surface area contributed by atoms with Crippen LogP contribution in [0.3, 0.4) is 0 Å². The minimum absolute atomic E-state index is 0.177. The van der Waals surface area contributed by atoms with Gasteiger partial charge in [-0.3, -0.25) is 4.79 Å². The molecule has 1 rings (SSSR count). The Kier molecular flexibility index (Phi) is 5.09. The number of ether oxygens (including phenoxy) is 1. The molecule has 100 valence electrons. The van der Waals surface area contributed by atoms with Crippen molar-refractivity contribution in [3.05, 3.63) is 24.0 Å². The molecule has 0 aliphatic rings. The van der Waals surface area contributed by atoms with Crippen LogP contribution in [0.1, 0.15) is 20.8 Å². The molecule has 1 aromatic rings. The van der Waals surface area contributed by atoms with Crippen molar-refractivity contribution in [3.8, 4) is 5.75 Å². The molecular formula is C13H19FN2O2. The van der Waals surface area contributed by atoms with Crippen LogP contribution < -0.4 is 15.8 Å². The van der Waals surface area contributed by atoms with Gasteiger partial charge in [0.25, 0.3) is 0 Å². The van der Waals surface area contributed by atoms with Crippen LogP contribution in [-0.2, 0) is 4.79 Å². The number of halogens is 1. The van der Waals surface area contributed by atoms with Gasteiger partial charge in [-0.05, 0) is 26.0 Å². The van der Waals surface area contributed by atoms with E-state index in [2.05, 4.69) is 5.32 Å². The number of anilines is 1. The summed E-state index contributed by atoms with van der Waals surface area (Å²) in [7, 11) is 0. The number of carbonyl (C=O) groups is 1. The van der Waals surface area contributed by atoms with Gasteiger partial charge < -0.3 is 15.8 Å². The predicted molar refractivity (Wildman–Crippen MR) is 69.0 cm³/mol. The van der Waals surface area contributed by atoms with Crippen LogP contribution in [0.15, 0.2) is 18.2 Å². The summed E-state index contributed by atoms with van der Waals surface area (Å²) in [6.45, 7) is 5.65. The highest BCUT2D eigenvalue weighted by Gasteiger charge is 2.17. The van der Waals surface area contributed by atoms with E-state index in [0.29, 0.717) is 12.3 Å². The molecule has 0 saturated heterocycles. The fraction of sp³-hybridized carbons (Fsp3) is 0.462. The van der Waals surface area contributed by atoms with Crippen LogP contribution in [-0.4, -0.2) is 18.6 Å². The first-order valence-corrected chi connectivity index (χ1v) is 5.94. The Balaban J connectivity index is 2.74. The summed E-state index contributed by atoms with van der Waals surface area (Å²) in [4.78, 5) is 11.7. The number of benzene rings is 1. The number of hydrogen-bond donors (Lipinski definition) is 2. The van der Waals surface area contributed by atoms with Crippen molar-refractivity contribution in [2.75, 3.05) is 11.9 Å². The smallest absolute Gasteiger partial charge is 0.228 e. The highest BCUT2D eigenvalue weighted by atomic mass is 19.1. The molecule has 0 aliphatic carbocycles. The Morgan fingerprint density at radius 2 is 2.17 bits per heavy atom. The average Bonchev–Trinajstić information content (AvgIpc) is 2.31. The van der Waals surface area contributed by atoms with Gasteiger partial charge in [0, 0.05) is 17.8 Å². The second-order valence-corrected chi connectivity index (χ2v) is 4.22. The maximum atomic E-state index is 13.5. The molecule has 4 nitrogen and oxygen atoms in total. The van der Waals surface area contributed by atoms with E-state index >= 15 is 0 Å². The second-order valence-electron chi connectivity index (χ2n) is 4.22. The first kappa shape index (κ1) is 14.4. The zero-order chi connectivity index (χ0) is 13.7. The quantitative estimate of drug-likeness (QED) is 0.846. The molecule has 1 amide bonds. The van der Waals surface area contributed by atoms with Gasteiger partial charge in [-0.2, -0.15) is 0 Å². The van der Waals surface area contributed by atoms with E-state index in [9.17, 15) is 9.18 Å². The summed E-state index contributed by atoms with van der Waals surface area (Å²) in [5.74, 6) is -0.882. The lowest BCUT2D eigenvalue weighted by molar-refractivity contribution is -0.119. The molecule has 0 saturated carbocycles. The van der Waals surface area contributed by atoms with Gasteiger partial charge in [-0.25, -0.2) is 4.39 Å². The fourth-order valence-electron chi connectivity index (χ4n) is 1.35. The molecule has 5 heteroatoms. The molecule has 0 spiro atoms. The van der Waals surface area contributed by atoms with Gasteiger partial charge in [0.15, 0.2) is 11.6 Å². The monoisotopic (exact) mass is 254 g/mol. The molecule has 2 unspecified atom stereocenters. The maximum absolute atomic E-state index is 13.5. The van der Waals surface area contributed by atoms with E-state index in [-0.39, 0.29) is 23.6 Å². The van der Waals surface area contributed by atoms with Crippen LogP contribution in [0.25, 0.3) is 0 Å². The van der Waals surface area contributed by atoms with E-state index in [0.717, 1.165) is 0 Å². The Bertz CT molecular complexity index is 421. The molecule has 0 fully saturated rings. The molecule has 0 heterocycles. The van der Waals surface area contributed by atoms with Gasteiger partial charge in [0.2, 0.25) is 5.91 Å². The Hall–Kier alpha value is -1.62. The summed E-state index contributed by atoms with van der Waals surface area (Å²) in [6.07, 6.45) is 0. The lowest BCUT2D eigenvalue weighted by Crippen LogP contribution is -2.34. The summed E-state index contributed by atoms with van der Waals surface area (Å²) in [5.41, 5.74) is 6.03. The Labute approximate surface area is 106 Å². The van der Waals surface area contributed by atoms with Gasteiger partial charge in [-0.15, -0.1) is 0 Å². The third kappa shape index (κ3) is 3.70. The number of carbonyl (C=O) groups excluding carboxylic acids is 1. The van der Waals surface area contributed by atoms with Crippen LogP contribution >= 0.6 is 0 Å². The zero-order valence-corrected chi connectivity index (χ0v) is 10.9. The molecule has 18 heavy (non-hydrogen) atoms. The third-order valence-corrected chi connectivity index (χ3v) is 2.70. The molecule has 0 aliphatic heterocycles. The minimum Gasteiger partial charge on any atom is -0.491 e. The highest BCUT2D eigenvalue weighted by molar-refractivity contribution is 5.92. The summed E-state index contributed by atoms with van der Waals surface area (Å²) < 4.78 is 18.6. The fourth-order valence-corrected chi connectivity index (χ4v) is 1.35. The number of amides is 1. The number of hydrogen-bond acceptors (Lipinski definition) is 3. The van der Waals surface area contributed by atoms with Crippen molar-refractivity contribution >= 4 is 11.6 Å². The van der Waals surface area contributed by atoms with Crippen LogP contribution in [0.2, 0.25) is 0 Å². The van der Waals surface area contributed by atoms with Crippen molar-refractivity contribution in [1.82, 2.24) is 0 Å². The van der Waals surface area contributed by atoms with Gasteiger partial charge in [0.1, 0.15) is 0 Å². The average molecular weight is 254 g/mol. The zero-order valence-electron chi connectivity index (χ0n) is 10.9. The van der Waals surface area contributed by atoms with Crippen LogP contribution in [0.4, 0.5) is 10.1 Å².